The summed E-state index contributed by atoms with van der Waals surface area (Å²) in [6.07, 6.45) is 3.63. The van der Waals surface area contributed by atoms with Crippen LogP contribution < -0.4 is 10.1 Å². The van der Waals surface area contributed by atoms with E-state index < -0.39 is 0 Å². The van der Waals surface area contributed by atoms with Gasteiger partial charge in [-0.05, 0) is 18.9 Å². The van der Waals surface area contributed by atoms with Crippen LogP contribution in [0, 0.1) is 10.1 Å². The molecular weight excluding hydrogens is 256 g/mol. The number of hydrogen-bond donors (Lipinski definition) is 1. The standard InChI is InChI=1S/C15H22N2O3/c1-4-5-6-9-20-15-8-7-14(17(18)19)10-13(15)11-16-12(2)3/h4,7-8,10,12,16H,1,5-6,9,11H2,2-3H3. The van der Waals surface area contributed by atoms with Gasteiger partial charge in [-0.1, -0.05) is 19.9 Å². The zero-order valence-electron chi connectivity index (χ0n) is 12.1. The van der Waals surface area contributed by atoms with Gasteiger partial charge < -0.3 is 10.1 Å². The van der Waals surface area contributed by atoms with Gasteiger partial charge in [-0.3, -0.25) is 10.1 Å². The van der Waals surface area contributed by atoms with Gasteiger partial charge in [0, 0.05) is 30.3 Å². The predicted octanol–water partition coefficient (Wildman–Crippen LogP) is 3.44. The minimum atomic E-state index is -0.389. The maximum absolute atomic E-state index is 10.8. The summed E-state index contributed by atoms with van der Waals surface area (Å²) >= 11 is 0. The second kappa shape index (κ2) is 8.32. The number of allylic oxidation sites excluding steroid dienone is 1. The number of unbranched alkanes of at least 4 members (excludes halogenated alkanes) is 1. The molecule has 0 unspecified atom stereocenters. The highest BCUT2D eigenvalue weighted by Crippen LogP contribution is 2.24. The van der Waals surface area contributed by atoms with Gasteiger partial charge in [0.05, 0.1) is 11.5 Å². The molecule has 5 heteroatoms. The predicted molar refractivity (Wildman–Crippen MR) is 80.0 cm³/mol. The molecule has 0 radical (unpaired) electrons. The number of nitro groups is 1. The molecule has 0 aliphatic heterocycles. The van der Waals surface area contributed by atoms with Crippen LogP contribution in [0.2, 0.25) is 0 Å². The van der Waals surface area contributed by atoms with Crippen LogP contribution in [0.25, 0.3) is 0 Å². The number of hydrogen-bond acceptors (Lipinski definition) is 4. The Hall–Kier alpha value is -1.88. The second-order valence-corrected chi connectivity index (χ2v) is 4.86. The number of ether oxygens (including phenoxy) is 1. The molecule has 0 saturated heterocycles. The molecule has 20 heavy (non-hydrogen) atoms. The molecule has 0 bridgehead atoms. The number of non-ortho nitro benzene ring substituents is 1. The van der Waals surface area contributed by atoms with Crippen molar-refractivity contribution in [2.75, 3.05) is 6.61 Å². The highest BCUT2D eigenvalue weighted by Gasteiger charge is 2.12. The van der Waals surface area contributed by atoms with Crippen molar-refractivity contribution < 1.29 is 9.66 Å². The van der Waals surface area contributed by atoms with Crippen molar-refractivity contribution in [1.29, 1.82) is 0 Å². The summed E-state index contributed by atoms with van der Waals surface area (Å²) in [6.45, 7) is 8.86. The van der Waals surface area contributed by atoms with E-state index >= 15 is 0 Å². The molecule has 0 aliphatic carbocycles. The highest BCUT2D eigenvalue weighted by atomic mass is 16.6. The van der Waals surface area contributed by atoms with Crippen LogP contribution in [-0.4, -0.2) is 17.6 Å². The zero-order chi connectivity index (χ0) is 15.0. The summed E-state index contributed by atoms with van der Waals surface area (Å²) < 4.78 is 5.70. The highest BCUT2D eigenvalue weighted by molar-refractivity contribution is 5.43. The summed E-state index contributed by atoms with van der Waals surface area (Å²) in [6, 6.07) is 5.02. The largest absolute Gasteiger partial charge is 0.493 e. The van der Waals surface area contributed by atoms with E-state index in [4.69, 9.17) is 4.74 Å². The normalized spacial score (nSPS) is 10.6. The van der Waals surface area contributed by atoms with Gasteiger partial charge in [0.2, 0.25) is 0 Å². The Morgan fingerprint density at radius 2 is 2.25 bits per heavy atom. The molecular formula is C15H22N2O3. The maximum Gasteiger partial charge on any atom is 0.270 e. The van der Waals surface area contributed by atoms with E-state index in [2.05, 4.69) is 11.9 Å². The third-order valence-corrected chi connectivity index (χ3v) is 2.77. The van der Waals surface area contributed by atoms with E-state index in [1.165, 1.54) is 6.07 Å². The molecule has 0 spiro atoms. The fourth-order valence-electron chi connectivity index (χ4n) is 1.68. The molecule has 1 aromatic rings. The van der Waals surface area contributed by atoms with Gasteiger partial charge in [0.1, 0.15) is 5.75 Å². The Morgan fingerprint density at radius 1 is 1.50 bits per heavy atom. The lowest BCUT2D eigenvalue weighted by molar-refractivity contribution is -0.384. The summed E-state index contributed by atoms with van der Waals surface area (Å²) in [5, 5.41) is 14.1. The van der Waals surface area contributed by atoms with E-state index in [-0.39, 0.29) is 10.6 Å². The van der Waals surface area contributed by atoms with E-state index in [1.807, 2.05) is 19.9 Å². The smallest absolute Gasteiger partial charge is 0.270 e. The lowest BCUT2D eigenvalue weighted by atomic mass is 10.1. The van der Waals surface area contributed by atoms with Gasteiger partial charge in [0.25, 0.3) is 5.69 Å². The van der Waals surface area contributed by atoms with Gasteiger partial charge in [-0.25, -0.2) is 0 Å². The summed E-state index contributed by atoms with van der Waals surface area (Å²) in [5.41, 5.74) is 0.899. The van der Waals surface area contributed by atoms with Gasteiger partial charge in [-0.2, -0.15) is 0 Å². The molecule has 0 amide bonds. The molecule has 1 rings (SSSR count). The maximum atomic E-state index is 10.8. The van der Waals surface area contributed by atoms with Crippen molar-refractivity contribution in [2.45, 2.75) is 39.3 Å². The first-order valence-corrected chi connectivity index (χ1v) is 6.79. The number of rotatable bonds is 9. The third kappa shape index (κ3) is 5.40. The average Bonchev–Trinajstić information content (AvgIpc) is 2.41. The first-order chi connectivity index (χ1) is 9.54. The first kappa shape index (κ1) is 16.2. The Kier molecular flexibility index (Phi) is 6.73. The molecule has 0 saturated carbocycles. The fraction of sp³-hybridized carbons (Fsp3) is 0.467. The molecule has 0 atom stereocenters. The van der Waals surface area contributed by atoms with Gasteiger partial charge in [-0.15, -0.1) is 6.58 Å². The molecule has 1 N–H and O–H groups in total. The molecule has 0 aromatic heterocycles. The lowest BCUT2D eigenvalue weighted by Gasteiger charge is -2.13. The summed E-state index contributed by atoms with van der Waals surface area (Å²) in [7, 11) is 0. The van der Waals surface area contributed by atoms with Crippen LogP contribution in [0.3, 0.4) is 0 Å². The monoisotopic (exact) mass is 278 g/mol. The first-order valence-electron chi connectivity index (χ1n) is 6.79. The van der Waals surface area contributed by atoms with E-state index in [0.717, 1.165) is 18.4 Å². The summed E-state index contributed by atoms with van der Waals surface area (Å²) in [5.74, 6) is 0.702. The molecule has 1 aromatic carbocycles. The van der Waals surface area contributed by atoms with Crippen LogP contribution in [0.4, 0.5) is 5.69 Å². The van der Waals surface area contributed by atoms with E-state index in [1.54, 1.807) is 12.1 Å². The van der Waals surface area contributed by atoms with E-state index in [0.29, 0.717) is 24.9 Å². The molecule has 5 nitrogen and oxygen atoms in total. The summed E-state index contributed by atoms with van der Waals surface area (Å²) in [4.78, 5) is 10.4. The van der Waals surface area contributed by atoms with Crippen molar-refractivity contribution in [3.05, 3.63) is 46.5 Å². The third-order valence-electron chi connectivity index (χ3n) is 2.77. The number of nitro benzene ring substituents is 1. The van der Waals surface area contributed by atoms with Gasteiger partial charge in [0.15, 0.2) is 0 Å². The molecule has 0 fully saturated rings. The Balaban J connectivity index is 2.79. The van der Waals surface area contributed by atoms with Gasteiger partial charge >= 0.3 is 0 Å². The van der Waals surface area contributed by atoms with Crippen molar-refractivity contribution in [1.82, 2.24) is 5.32 Å². The Labute approximate surface area is 119 Å². The van der Waals surface area contributed by atoms with Crippen LogP contribution in [-0.2, 0) is 6.54 Å². The SMILES string of the molecule is C=CCCCOc1ccc([N+](=O)[O-])cc1CNC(C)C. The average molecular weight is 278 g/mol. The van der Waals surface area contributed by atoms with Crippen LogP contribution in [0.1, 0.15) is 32.3 Å². The molecule has 0 aliphatic rings. The Morgan fingerprint density at radius 3 is 2.85 bits per heavy atom. The van der Waals surface area contributed by atoms with Crippen LogP contribution >= 0.6 is 0 Å². The van der Waals surface area contributed by atoms with E-state index in [9.17, 15) is 10.1 Å². The topological polar surface area (TPSA) is 64.4 Å². The number of benzene rings is 1. The molecule has 110 valence electrons. The minimum Gasteiger partial charge on any atom is -0.493 e. The Bertz CT molecular complexity index is 458. The fourth-order valence-corrected chi connectivity index (χ4v) is 1.68. The molecule has 0 heterocycles. The zero-order valence-corrected chi connectivity index (χ0v) is 12.1. The van der Waals surface area contributed by atoms with Crippen LogP contribution in [0.5, 0.6) is 5.75 Å². The van der Waals surface area contributed by atoms with Crippen molar-refractivity contribution >= 4 is 5.69 Å². The van der Waals surface area contributed by atoms with Crippen molar-refractivity contribution in [3.63, 3.8) is 0 Å². The van der Waals surface area contributed by atoms with Crippen molar-refractivity contribution in [3.8, 4) is 5.75 Å². The number of nitrogens with one attached hydrogen (secondary N) is 1. The quantitative estimate of drug-likeness (QED) is 0.325. The number of nitrogens with zero attached hydrogens (tertiary/aromatic N) is 1. The van der Waals surface area contributed by atoms with Crippen LogP contribution in [0.15, 0.2) is 30.9 Å². The minimum absolute atomic E-state index is 0.0870. The lowest BCUT2D eigenvalue weighted by Crippen LogP contribution is -2.22. The van der Waals surface area contributed by atoms with Crippen molar-refractivity contribution in [2.24, 2.45) is 0 Å². The second-order valence-electron chi connectivity index (χ2n) is 4.86.